The highest BCUT2D eigenvalue weighted by atomic mass is 16.5. The molecule has 3 rings (SSSR count). The van der Waals surface area contributed by atoms with Gasteiger partial charge in [-0.2, -0.15) is 0 Å². The fourth-order valence-electron chi connectivity index (χ4n) is 2.40. The predicted molar refractivity (Wildman–Crippen MR) is 88.4 cm³/mol. The molecule has 130 valence electrons. The number of H-pyrrole nitrogens is 2. The zero-order valence-electron chi connectivity index (χ0n) is 13.8. The lowest BCUT2D eigenvalue weighted by Gasteiger charge is -2.13. The van der Waals surface area contributed by atoms with E-state index < -0.39 is 18.0 Å². The fourth-order valence-corrected chi connectivity index (χ4v) is 2.40. The van der Waals surface area contributed by atoms with E-state index in [1.807, 2.05) is 0 Å². The van der Waals surface area contributed by atoms with Crippen LogP contribution in [0.2, 0.25) is 0 Å². The van der Waals surface area contributed by atoms with Crippen LogP contribution in [-0.2, 0) is 9.53 Å². The molecule has 3 N–H and O–H groups in total. The maximum atomic E-state index is 12.2. The number of carbonyl (C=O) groups excluding carboxylic acids is 2. The Kier molecular flexibility index (Phi) is 4.14. The average Bonchev–Trinajstić information content (AvgIpc) is 3.07. The lowest BCUT2D eigenvalue weighted by atomic mass is 10.2. The number of esters is 1. The van der Waals surface area contributed by atoms with Gasteiger partial charge in [-0.3, -0.25) is 4.79 Å². The van der Waals surface area contributed by atoms with Crippen molar-refractivity contribution in [2.75, 3.05) is 5.32 Å². The molecule has 2 aromatic heterocycles. The van der Waals surface area contributed by atoms with Crippen LogP contribution < -0.4 is 11.0 Å². The summed E-state index contributed by atoms with van der Waals surface area (Å²) in [6.45, 7) is 4.67. The van der Waals surface area contributed by atoms with Crippen molar-refractivity contribution in [2.45, 2.75) is 26.9 Å². The molecule has 9 heteroatoms. The standard InChI is InChI=1S/C16H16N4O5/c1-7-13(8(2)25-20-7)15(22)24-9(3)14(21)17-10-4-5-11-12(6-10)19-16(23)18-11/h4-6,9H,1-3H3,(H,17,21)(H2,18,19,23)/t9-/m1/s1. The van der Waals surface area contributed by atoms with Crippen molar-refractivity contribution in [2.24, 2.45) is 0 Å². The molecule has 0 aliphatic heterocycles. The van der Waals surface area contributed by atoms with Crippen molar-refractivity contribution >= 4 is 28.6 Å². The summed E-state index contributed by atoms with van der Waals surface area (Å²) < 4.78 is 10.1. The number of nitrogens with one attached hydrogen (secondary N) is 3. The van der Waals surface area contributed by atoms with Gasteiger partial charge in [0.2, 0.25) is 0 Å². The van der Waals surface area contributed by atoms with Gasteiger partial charge in [0.1, 0.15) is 11.3 Å². The van der Waals surface area contributed by atoms with Gasteiger partial charge >= 0.3 is 11.7 Å². The molecule has 0 aliphatic carbocycles. The van der Waals surface area contributed by atoms with Gasteiger partial charge in [-0.05, 0) is 39.0 Å². The highest BCUT2D eigenvalue weighted by Gasteiger charge is 2.24. The molecular weight excluding hydrogens is 328 g/mol. The molecule has 0 spiro atoms. The Balaban J connectivity index is 1.69. The Morgan fingerprint density at radius 3 is 2.64 bits per heavy atom. The summed E-state index contributed by atoms with van der Waals surface area (Å²) in [5.41, 5.74) is 1.93. The lowest BCUT2D eigenvalue weighted by molar-refractivity contribution is -0.123. The van der Waals surface area contributed by atoms with Gasteiger partial charge < -0.3 is 24.5 Å². The topological polar surface area (TPSA) is 130 Å². The number of hydrogen-bond donors (Lipinski definition) is 3. The van der Waals surface area contributed by atoms with Crippen LogP contribution in [0.1, 0.15) is 28.7 Å². The Morgan fingerprint density at radius 1 is 1.24 bits per heavy atom. The second-order valence-electron chi connectivity index (χ2n) is 5.58. The summed E-state index contributed by atoms with van der Waals surface area (Å²) in [7, 11) is 0. The van der Waals surface area contributed by atoms with E-state index in [9.17, 15) is 14.4 Å². The number of rotatable bonds is 4. The van der Waals surface area contributed by atoms with Crippen LogP contribution in [0.25, 0.3) is 11.0 Å². The molecule has 0 fully saturated rings. The van der Waals surface area contributed by atoms with Crippen molar-refractivity contribution < 1.29 is 18.8 Å². The third-order valence-corrected chi connectivity index (χ3v) is 3.67. The van der Waals surface area contributed by atoms with Gasteiger partial charge in [0.05, 0.1) is 16.7 Å². The monoisotopic (exact) mass is 344 g/mol. The maximum Gasteiger partial charge on any atom is 0.344 e. The highest BCUT2D eigenvalue weighted by molar-refractivity contribution is 5.98. The largest absolute Gasteiger partial charge is 0.449 e. The summed E-state index contributed by atoms with van der Waals surface area (Å²) in [6.07, 6.45) is -1.03. The summed E-state index contributed by atoms with van der Waals surface area (Å²) in [4.78, 5) is 40.8. The number of anilines is 1. The SMILES string of the molecule is Cc1noc(C)c1C(=O)O[C@H](C)C(=O)Nc1ccc2[nH]c(=O)[nH]c2c1. The van der Waals surface area contributed by atoms with Gasteiger partial charge in [0.25, 0.3) is 5.91 Å². The van der Waals surface area contributed by atoms with Crippen molar-refractivity contribution in [3.8, 4) is 0 Å². The van der Waals surface area contributed by atoms with E-state index >= 15 is 0 Å². The van der Waals surface area contributed by atoms with Crippen LogP contribution in [0.15, 0.2) is 27.5 Å². The zero-order valence-corrected chi connectivity index (χ0v) is 13.8. The molecule has 0 saturated heterocycles. The first kappa shape index (κ1) is 16.5. The number of amides is 1. The summed E-state index contributed by atoms with van der Waals surface area (Å²) >= 11 is 0. The molecule has 0 bridgehead atoms. The molecule has 9 nitrogen and oxygen atoms in total. The van der Waals surface area contributed by atoms with Crippen LogP contribution >= 0.6 is 0 Å². The van der Waals surface area contributed by atoms with E-state index in [1.54, 1.807) is 32.0 Å². The number of hydrogen-bond acceptors (Lipinski definition) is 6. The molecule has 3 aromatic rings. The van der Waals surface area contributed by atoms with Crippen LogP contribution in [0.3, 0.4) is 0 Å². The number of ether oxygens (including phenoxy) is 1. The smallest absolute Gasteiger partial charge is 0.344 e. The van der Waals surface area contributed by atoms with E-state index in [-0.39, 0.29) is 11.3 Å². The number of aryl methyl sites for hydroxylation is 2. The summed E-state index contributed by atoms with van der Waals surface area (Å²) in [5.74, 6) is -0.848. The first-order chi connectivity index (χ1) is 11.8. The first-order valence-electron chi connectivity index (χ1n) is 7.52. The third kappa shape index (κ3) is 3.30. The number of benzene rings is 1. The number of imidazole rings is 1. The molecule has 1 aromatic carbocycles. The maximum absolute atomic E-state index is 12.2. The van der Waals surface area contributed by atoms with E-state index in [4.69, 9.17) is 9.26 Å². The number of aromatic amines is 2. The summed E-state index contributed by atoms with van der Waals surface area (Å²) in [5, 5.41) is 6.31. The number of carbonyl (C=O) groups is 2. The van der Waals surface area contributed by atoms with Crippen LogP contribution in [0.5, 0.6) is 0 Å². The van der Waals surface area contributed by atoms with Crippen molar-refractivity contribution in [3.05, 3.63) is 45.7 Å². The third-order valence-electron chi connectivity index (χ3n) is 3.67. The van der Waals surface area contributed by atoms with E-state index in [1.165, 1.54) is 6.92 Å². The van der Waals surface area contributed by atoms with Gasteiger partial charge in [-0.1, -0.05) is 5.16 Å². The van der Waals surface area contributed by atoms with Crippen molar-refractivity contribution in [1.29, 1.82) is 0 Å². The molecule has 0 unspecified atom stereocenters. The summed E-state index contributed by atoms with van der Waals surface area (Å²) in [6, 6.07) is 4.89. The predicted octanol–water partition coefficient (Wildman–Crippen LogP) is 1.65. The Hall–Kier alpha value is -3.36. The normalized spacial score (nSPS) is 12.1. The molecular formula is C16H16N4O5. The fraction of sp³-hybridized carbons (Fsp3) is 0.250. The quantitative estimate of drug-likeness (QED) is 0.617. The minimum atomic E-state index is -1.03. The highest BCUT2D eigenvalue weighted by Crippen LogP contribution is 2.17. The molecule has 0 saturated carbocycles. The van der Waals surface area contributed by atoms with Gasteiger partial charge in [0.15, 0.2) is 6.10 Å². The van der Waals surface area contributed by atoms with Gasteiger partial charge in [0, 0.05) is 5.69 Å². The lowest BCUT2D eigenvalue weighted by Crippen LogP contribution is -2.30. The van der Waals surface area contributed by atoms with Gasteiger partial charge in [-0.25, -0.2) is 9.59 Å². The molecule has 25 heavy (non-hydrogen) atoms. The number of aromatic nitrogens is 3. The van der Waals surface area contributed by atoms with E-state index in [0.717, 1.165) is 0 Å². The second-order valence-corrected chi connectivity index (χ2v) is 5.58. The molecule has 1 amide bonds. The first-order valence-corrected chi connectivity index (χ1v) is 7.52. The Labute approximate surface area is 141 Å². The molecule has 0 radical (unpaired) electrons. The Morgan fingerprint density at radius 2 is 1.96 bits per heavy atom. The van der Waals surface area contributed by atoms with Crippen LogP contribution in [0.4, 0.5) is 5.69 Å². The van der Waals surface area contributed by atoms with Gasteiger partial charge in [-0.15, -0.1) is 0 Å². The average molecular weight is 344 g/mol. The molecule has 2 heterocycles. The molecule has 1 atom stereocenters. The van der Waals surface area contributed by atoms with Crippen LogP contribution in [0, 0.1) is 13.8 Å². The van der Waals surface area contributed by atoms with E-state index in [0.29, 0.717) is 28.2 Å². The minimum absolute atomic E-state index is 0.214. The van der Waals surface area contributed by atoms with Crippen LogP contribution in [-0.4, -0.2) is 33.1 Å². The molecule has 0 aliphatic rings. The van der Waals surface area contributed by atoms with Crippen molar-refractivity contribution in [3.63, 3.8) is 0 Å². The number of nitrogens with zero attached hydrogens (tertiary/aromatic N) is 1. The second kappa shape index (κ2) is 6.27. The minimum Gasteiger partial charge on any atom is -0.449 e. The zero-order chi connectivity index (χ0) is 18.1. The van der Waals surface area contributed by atoms with E-state index in [2.05, 4.69) is 20.4 Å². The Bertz CT molecular complexity index is 994. The van der Waals surface area contributed by atoms with Crippen molar-refractivity contribution in [1.82, 2.24) is 15.1 Å². The number of fused-ring (bicyclic) bond motifs is 1.